The molecule has 7 aromatic carbocycles. The van der Waals surface area contributed by atoms with Crippen molar-refractivity contribution in [3.05, 3.63) is 299 Å². The lowest BCUT2D eigenvalue weighted by Gasteiger charge is -2.42. The minimum Gasteiger partial charge on any atom is -0.486 e. The fourth-order valence-electron chi connectivity index (χ4n) is 9.16. The summed E-state index contributed by atoms with van der Waals surface area (Å²) in [7, 11) is 0. The molecule has 4 N–H and O–H groups in total. The molecule has 0 fully saturated rings. The molecule has 0 atom stereocenters. The van der Waals surface area contributed by atoms with Crippen molar-refractivity contribution in [1.29, 1.82) is 0 Å². The first-order valence-corrected chi connectivity index (χ1v) is 24.2. The standard InChI is InChI=1S/C66H45N5O8/c1-40-8-28-51(29-9-40)71-60-30-18-45(32-52(47-20-10-41(11-21-47)36-56(67-4)62(72)73)48-22-12-42(13-23-48)37-57(68-5)63(74)75)34-54(60)66(2,3)55-35-46(19-31-61(55)71)33-53(49-24-14-43(15-25-49)38-58(69-6)64(76)77)50-26-16-44(17-27-50)39-59(70-7)65(78)79/h8-39H,1-3H3,(H,72,73)(H,74,75)(H,76,77)(H,78,79)/b56-36-,57-37-,58-38-,59-39-. The molecule has 0 aliphatic carbocycles. The predicted molar refractivity (Wildman–Crippen MR) is 307 cm³/mol. The lowest BCUT2D eigenvalue weighted by Crippen LogP contribution is -2.30. The molecule has 0 saturated carbocycles. The van der Waals surface area contributed by atoms with Crippen LogP contribution in [0.2, 0.25) is 0 Å². The van der Waals surface area contributed by atoms with Gasteiger partial charge < -0.3 is 25.3 Å². The molecule has 7 aromatic rings. The minimum atomic E-state index is -1.34. The summed E-state index contributed by atoms with van der Waals surface area (Å²) in [6, 6.07) is 49.4. The van der Waals surface area contributed by atoms with Gasteiger partial charge in [-0.3, -0.25) is 19.2 Å². The van der Waals surface area contributed by atoms with Gasteiger partial charge in [0, 0.05) is 11.1 Å². The van der Waals surface area contributed by atoms with Crippen LogP contribution in [0, 0.1) is 33.2 Å². The molecule has 79 heavy (non-hydrogen) atoms. The third-order valence-corrected chi connectivity index (χ3v) is 13.2. The molecule has 1 aliphatic rings. The van der Waals surface area contributed by atoms with Crippen molar-refractivity contribution < 1.29 is 39.6 Å². The number of fused-ring (bicyclic) bond motifs is 2. The second kappa shape index (κ2) is 23.0. The van der Waals surface area contributed by atoms with E-state index in [0.29, 0.717) is 22.3 Å². The van der Waals surface area contributed by atoms with E-state index < -0.39 is 52.1 Å². The van der Waals surface area contributed by atoms with E-state index in [-0.39, 0.29) is 0 Å². The Labute approximate surface area is 455 Å². The van der Waals surface area contributed by atoms with Gasteiger partial charge in [0.1, 0.15) is 0 Å². The molecule has 1 aliphatic heterocycles. The largest absolute Gasteiger partial charge is 0.486 e. The van der Waals surface area contributed by atoms with Crippen LogP contribution in [-0.4, -0.2) is 44.3 Å². The maximum atomic E-state index is 11.7. The van der Waals surface area contributed by atoms with Gasteiger partial charge in [0.05, 0.1) is 37.7 Å². The maximum absolute atomic E-state index is 11.7. The van der Waals surface area contributed by atoms with E-state index in [1.807, 2.05) is 79.7 Å². The van der Waals surface area contributed by atoms with Gasteiger partial charge in [-0.05, 0) is 158 Å². The van der Waals surface area contributed by atoms with E-state index in [2.05, 4.69) is 86.7 Å². The molecular formula is C66H45N5O8. The Morgan fingerprint density at radius 1 is 0.392 bits per heavy atom. The zero-order chi connectivity index (χ0) is 56.5. The zero-order valence-electron chi connectivity index (χ0n) is 42.6. The first-order chi connectivity index (χ1) is 37.9. The van der Waals surface area contributed by atoms with Crippen LogP contribution in [0.3, 0.4) is 0 Å². The highest BCUT2D eigenvalue weighted by atomic mass is 16.4. The number of hydrogen-bond donors (Lipinski definition) is 4. The predicted octanol–water partition coefficient (Wildman–Crippen LogP) is 14.7. The van der Waals surface area contributed by atoms with Gasteiger partial charge >= 0.3 is 23.9 Å². The number of carboxylic acid groups (broad SMARTS) is 4. The summed E-state index contributed by atoms with van der Waals surface area (Å²) in [5.41, 5.74) is 12.0. The average molecular weight is 1040 g/mol. The fourth-order valence-corrected chi connectivity index (χ4v) is 9.16. The number of aliphatic carboxylic acids is 4. The van der Waals surface area contributed by atoms with E-state index in [1.54, 1.807) is 48.5 Å². The summed E-state index contributed by atoms with van der Waals surface area (Å²) in [6.07, 6.45) is 9.30. The second-order valence-electron chi connectivity index (χ2n) is 18.7. The second-order valence-corrected chi connectivity index (χ2v) is 18.7. The maximum Gasteiger partial charge on any atom is 0.333 e. The molecule has 0 aromatic heterocycles. The van der Waals surface area contributed by atoms with Gasteiger partial charge in [-0.1, -0.05) is 141 Å². The van der Waals surface area contributed by atoms with Crippen molar-refractivity contribution in [2.75, 3.05) is 4.90 Å². The van der Waals surface area contributed by atoms with Gasteiger partial charge in [-0.25, -0.2) is 19.4 Å². The van der Waals surface area contributed by atoms with E-state index in [1.165, 1.54) is 24.3 Å². The van der Waals surface area contributed by atoms with Crippen LogP contribution >= 0.6 is 0 Å². The first kappa shape index (κ1) is 53.9. The van der Waals surface area contributed by atoms with E-state index in [0.717, 1.165) is 78.3 Å². The quantitative estimate of drug-likeness (QED) is 0.0443. The highest BCUT2D eigenvalue weighted by Gasteiger charge is 2.37. The number of rotatable bonds is 15. The molecule has 0 amide bonds. The van der Waals surface area contributed by atoms with Gasteiger partial charge in [-0.15, -0.1) is 0 Å². The highest BCUT2D eigenvalue weighted by molar-refractivity contribution is 5.99. The van der Waals surface area contributed by atoms with Crippen molar-refractivity contribution in [3.8, 4) is 0 Å². The molecule has 13 heteroatoms. The van der Waals surface area contributed by atoms with Gasteiger partial charge in [0.2, 0.25) is 0 Å². The number of hydrogen-bond acceptors (Lipinski definition) is 5. The van der Waals surface area contributed by atoms with E-state index in [4.69, 9.17) is 26.3 Å². The SMILES string of the molecule is [C-]#[N+]/C(=C\c1ccc(C(=Cc2ccc3c(c2)C(C)(C)c2cc(C=C(c4ccc(/C=C(\[N+]#[C-])C(=O)O)cc4)c4ccc(/C=C(\[N+]#[C-])C(=O)O)cc4)ccc2N3c2ccc(C)cc2)c2ccc(/C=C(\[N+]#[C-])C(=O)O)cc2)cc1)C(=O)O. The number of carbonyl (C=O) groups is 4. The number of anilines is 3. The number of carboxylic acids is 4. The Hall–Kier alpha value is -11.4. The van der Waals surface area contributed by atoms with Crippen molar-refractivity contribution >= 4 is 88.5 Å². The van der Waals surface area contributed by atoms with Crippen LogP contribution in [0.5, 0.6) is 0 Å². The van der Waals surface area contributed by atoms with Crippen molar-refractivity contribution in [2.45, 2.75) is 26.2 Å². The van der Waals surface area contributed by atoms with Gasteiger partial charge in [0.15, 0.2) is 0 Å². The van der Waals surface area contributed by atoms with Crippen LogP contribution in [0.4, 0.5) is 17.1 Å². The van der Waals surface area contributed by atoms with Crippen LogP contribution in [0.1, 0.15) is 86.2 Å². The lowest BCUT2D eigenvalue weighted by atomic mass is 9.72. The number of aryl methyl sites for hydroxylation is 1. The molecule has 13 nitrogen and oxygen atoms in total. The zero-order valence-corrected chi connectivity index (χ0v) is 42.6. The summed E-state index contributed by atoms with van der Waals surface area (Å²) in [4.78, 5) is 61.5. The van der Waals surface area contributed by atoms with Gasteiger partial charge in [0.25, 0.3) is 22.8 Å². The Kier molecular flexibility index (Phi) is 15.7. The topological polar surface area (TPSA) is 170 Å². The Balaban J connectivity index is 1.29. The molecule has 1 heterocycles. The molecule has 0 spiro atoms. The summed E-state index contributed by atoms with van der Waals surface area (Å²) in [5, 5.41) is 38.1. The van der Waals surface area contributed by atoms with Crippen molar-refractivity contribution in [3.63, 3.8) is 0 Å². The molecule has 382 valence electrons. The third-order valence-electron chi connectivity index (χ3n) is 13.2. The fraction of sp³-hybridized carbons (Fsp3) is 0.0606. The van der Waals surface area contributed by atoms with Crippen molar-refractivity contribution in [1.82, 2.24) is 0 Å². The van der Waals surface area contributed by atoms with Crippen LogP contribution in [-0.2, 0) is 24.6 Å². The highest BCUT2D eigenvalue weighted by Crippen LogP contribution is 2.53. The lowest BCUT2D eigenvalue weighted by molar-refractivity contribution is -0.133. The molecule has 0 bridgehead atoms. The first-order valence-electron chi connectivity index (χ1n) is 24.2. The third kappa shape index (κ3) is 11.9. The molecule has 0 saturated heterocycles. The van der Waals surface area contributed by atoms with E-state index in [9.17, 15) is 39.6 Å². The van der Waals surface area contributed by atoms with Crippen LogP contribution < -0.4 is 4.90 Å². The summed E-state index contributed by atoms with van der Waals surface area (Å²) >= 11 is 0. The normalized spacial score (nSPS) is 12.7. The van der Waals surface area contributed by atoms with E-state index >= 15 is 0 Å². The molecule has 0 radical (unpaired) electrons. The Bertz CT molecular complexity index is 3590. The number of benzene rings is 7. The Morgan fingerprint density at radius 3 is 0.911 bits per heavy atom. The Morgan fingerprint density at radius 2 is 0.658 bits per heavy atom. The summed E-state index contributed by atoms with van der Waals surface area (Å²) in [5.74, 6) is -5.34. The summed E-state index contributed by atoms with van der Waals surface area (Å²) < 4.78 is 0. The summed E-state index contributed by atoms with van der Waals surface area (Å²) in [6.45, 7) is 35.7. The number of nitrogens with zero attached hydrogens (tertiary/aromatic N) is 5. The molecule has 0 unspecified atom stereocenters. The van der Waals surface area contributed by atoms with Crippen LogP contribution in [0.25, 0.3) is 67.0 Å². The average Bonchev–Trinajstić information content (AvgIpc) is 3.62. The smallest absolute Gasteiger partial charge is 0.333 e. The van der Waals surface area contributed by atoms with Gasteiger partial charge in [-0.2, -0.15) is 0 Å². The monoisotopic (exact) mass is 1040 g/mol. The van der Waals surface area contributed by atoms with Crippen molar-refractivity contribution in [2.24, 2.45) is 0 Å². The van der Waals surface area contributed by atoms with Crippen LogP contribution in [0.15, 0.2) is 181 Å². The minimum absolute atomic E-state index is 0.429. The molecule has 8 rings (SSSR count). The molecular weight excluding hydrogens is 991 g/mol.